The Labute approximate surface area is 337 Å². The van der Waals surface area contributed by atoms with E-state index in [1.807, 2.05) is 48.8 Å². The maximum Gasteiger partial charge on any atom is 0.0900 e. The van der Waals surface area contributed by atoms with Crippen LogP contribution in [0.25, 0.3) is 94.8 Å². The molecule has 4 heteroatoms. The number of nitrogens with zero attached hydrogens (tertiary/aromatic N) is 4. The van der Waals surface area contributed by atoms with Crippen LogP contribution in [-0.2, 0) is 5.41 Å². The highest BCUT2D eigenvalue weighted by Crippen LogP contribution is 2.50. The first-order valence-corrected chi connectivity index (χ1v) is 19.8. The van der Waals surface area contributed by atoms with Crippen molar-refractivity contribution in [3.63, 3.8) is 0 Å². The highest BCUT2D eigenvalue weighted by molar-refractivity contribution is 6.11. The van der Waals surface area contributed by atoms with E-state index in [2.05, 4.69) is 174 Å². The van der Waals surface area contributed by atoms with Crippen molar-refractivity contribution in [3.05, 3.63) is 206 Å². The third-order valence-corrected chi connectivity index (χ3v) is 11.9. The van der Waals surface area contributed by atoms with E-state index in [0.717, 1.165) is 50.7 Å². The van der Waals surface area contributed by atoms with Crippen LogP contribution in [0, 0.1) is 0 Å². The molecule has 58 heavy (non-hydrogen) atoms. The summed E-state index contributed by atoms with van der Waals surface area (Å²) in [4.78, 5) is 14.3. The van der Waals surface area contributed by atoms with Gasteiger partial charge in [-0.3, -0.25) is 9.97 Å². The average molecular weight is 743 g/mol. The number of aromatic nitrogens is 4. The molecule has 0 radical (unpaired) electrons. The predicted octanol–water partition coefficient (Wildman–Crippen LogP) is 13.6. The Morgan fingerprint density at radius 2 is 0.983 bits per heavy atom. The Balaban J connectivity index is 1.03. The topological polar surface area (TPSA) is 43.6 Å². The molecule has 10 aromatic rings. The maximum absolute atomic E-state index is 5.00. The average Bonchev–Trinajstić information content (AvgIpc) is 3.74. The quantitative estimate of drug-likeness (QED) is 0.170. The first-order chi connectivity index (χ1) is 28.5. The first kappa shape index (κ1) is 33.9. The molecule has 0 saturated heterocycles. The van der Waals surface area contributed by atoms with Gasteiger partial charge in [-0.2, -0.15) is 0 Å². The lowest BCUT2D eigenvalue weighted by Gasteiger charge is -2.22. The summed E-state index contributed by atoms with van der Waals surface area (Å²) in [6.07, 6.45) is 3.62. The fourth-order valence-corrected chi connectivity index (χ4v) is 8.99. The zero-order valence-corrected chi connectivity index (χ0v) is 32.3. The summed E-state index contributed by atoms with van der Waals surface area (Å²) in [6, 6.07) is 65.4. The number of pyridine rings is 3. The molecule has 0 atom stereocenters. The molecule has 0 saturated carbocycles. The SMILES string of the molecule is CC1(C)c2ccccc2-c2ccc(-c3ccc4c(c3)c3ccc(-c5cccc(-c6cc(-c7ccccn7)nc(-c7ccccn7)c6)c5)cc3n4-c3ccccc3)cc21. The van der Waals surface area contributed by atoms with Crippen molar-refractivity contribution in [1.82, 2.24) is 19.5 Å². The zero-order valence-electron chi connectivity index (χ0n) is 32.3. The van der Waals surface area contributed by atoms with Gasteiger partial charge >= 0.3 is 0 Å². The summed E-state index contributed by atoms with van der Waals surface area (Å²) in [5.74, 6) is 0. The Kier molecular flexibility index (Phi) is 7.80. The van der Waals surface area contributed by atoms with Crippen LogP contribution in [0.15, 0.2) is 194 Å². The number of hydrogen-bond acceptors (Lipinski definition) is 3. The minimum absolute atomic E-state index is 0.0523. The molecule has 1 aliphatic carbocycles. The molecule has 6 aromatic carbocycles. The zero-order chi connectivity index (χ0) is 38.8. The fourth-order valence-electron chi connectivity index (χ4n) is 8.99. The molecule has 4 heterocycles. The van der Waals surface area contributed by atoms with Gasteiger partial charge < -0.3 is 4.57 Å². The lowest BCUT2D eigenvalue weighted by Crippen LogP contribution is -2.14. The molecule has 274 valence electrons. The molecule has 0 spiro atoms. The van der Waals surface area contributed by atoms with Crippen molar-refractivity contribution >= 4 is 21.8 Å². The van der Waals surface area contributed by atoms with Crippen LogP contribution in [0.5, 0.6) is 0 Å². The summed E-state index contributed by atoms with van der Waals surface area (Å²) in [5.41, 5.74) is 19.1. The lowest BCUT2D eigenvalue weighted by atomic mass is 9.81. The van der Waals surface area contributed by atoms with Crippen LogP contribution < -0.4 is 0 Å². The molecule has 0 aliphatic heterocycles. The number of para-hydroxylation sites is 1. The third-order valence-electron chi connectivity index (χ3n) is 11.9. The van der Waals surface area contributed by atoms with E-state index >= 15 is 0 Å². The number of fused-ring (bicyclic) bond motifs is 6. The molecular weight excluding hydrogens is 705 g/mol. The van der Waals surface area contributed by atoms with Crippen molar-refractivity contribution in [3.8, 4) is 73.0 Å². The molecule has 4 nitrogen and oxygen atoms in total. The standard InChI is InChI=1S/C54H38N4/c1-54(2)46-18-7-6-17-42(46)43-24-21-38(31-47(43)54)37-23-26-52-45(30-37)44-25-22-39(34-53(44)58(52)41-15-4-3-5-16-41)35-13-12-14-36(29-35)40-32-50(48-19-8-10-27-55-48)57-51(33-40)49-20-9-11-28-56-49/h3-34H,1-2H3. The molecule has 0 fully saturated rings. The van der Waals surface area contributed by atoms with Crippen molar-refractivity contribution in [2.45, 2.75) is 19.3 Å². The second kappa shape index (κ2) is 13.4. The fraction of sp³-hybridized carbons (Fsp3) is 0.0556. The van der Waals surface area contributed by atoms with Gasteiger partial charge in [0.25, 0.3) is 0 Å². The largest absolute Gasteiger partial charge is 0.309 e. The summed E-state index contributed by atoms with van der Waals surface area (Å²) < 4.78 is 2.41. The van der Waals surface area contributed by atoms with Gasteiger partial charge in [-0.15, -0.1) is 0 Å². The van der Waals surface area contributed by atoms with Gasteiger partial charge in [-0.1, -0.05) is 117 Å². The third kappa shape index (κ3) is 5.56. The van der Waals surface area contributed by atoms with E-state index in [0.29, 0.717) is 0 Å². The predicted molar refractivity (Wildman–Crippen MR) is 239 cm³/mol. The van der Waals surface area contributed by atoms with Crippen molar-refractivity contribution in [1.29, 1.82) is 0 Å². The highest BCUT2D eigenvalue weighted by Gasteiger charge is 2.35. The number of rotatable bonds is 6. The van der Waals surface area contributed by atoms with Gasteiger partial charge in [0.2, 0.25) is 0 Å². The highest BCUT2D eigenvalue weighted by atomic mass is 15.0. The molecular formula is C54H38N4. The Morgan fingerprint density at radius 1 is 0.379 bits per heavy atom. The Bertz CT molecular complexity index is 3120. The van der Waals surface area contributed by atoms with E-state index in [1.54, 1.807) is 0 Å². The molecule has 0 unspecified atom stereocenters. The molecule has 11 rings (SSSR count). The maximum atomic E-state index is 5.00. The lowest BCUT2D eigenvalue weighted by molar-refractivity contribution is 0.660. The van der Waals surface area contributed by atoms with Crippen molar-refractivity contribution in [2.75, 3.05) is 0 Å². The minimum Gasteiger partial charge on any atom is -0.309 e. The molecule has 0 bridgehead atoms. The molecule has 1 aliphatic rings. The second-order valence-electron chi connectivity index (χ2n) is 15.7. The van der Waals surface area contributed by atoms with Gasteiger partial charge in [0, 0.05) is 34.3 Å². The van der Waals surface area contributed by atoms with Gasteiger partial charge in [0.05, 0.1) is 33.8 Å². The van der Waals surface area contributed by atoms with Crippen molar-refractivity contribution < 1.29 is 0 Å². The van der Waals surface area contributed by atoms with Gasteiger partial charge in [-0.25, -0.2) is 4.98 Å². The number of hydrogen-bond donors (Lipinski definition) is 0. The van der Waals surface area contributed by atoms with Crippen LogP contribution in [0.1, 0.15) is 25.0 Å². The van der Waals surface area contributed by atoms with Crippen molar-refractivity contribution in [2.24, 2.45) is 0 Å². The minimum atomic E-state index is -0.0523. The van der Waals surface area contributed by atoms with Crippen LogP contribution in [-0.4, -0.2) is 19.5 Å². The number of benzene rings is 6. The summed E-state index contributed by atoms with van der Waals surface area (Å²) >= 11 is 0. The first-order valence-electron chi connectivity index (χ1n) is 19.8. The van der Waals surface area contributed by atoms with E-state index < -0.39 is 0 Å². The van der Waals surface area contributed by atoms with E-state index in [-0.39, 0.29) is 5.41 Å². The normalized spacial score (nSPS) is 12.8. The van der Waals surface area contributed by atoms with Gasteiger partial charge in [-0.05, 0) is 134 Å². The second-order valence-corrected chi connectivity index (χ2v) is 15.7. The monoisotopic (exact) mass is 742 g/mol. The van der Waals surface area contributed by atoms with E-state index in [1.165, 1.54) is 55.2 Å². The molecule has 0 N–H and O–H groups in total. The van der Waals surface area contributed by atoms with E-state index in [9.17, 15) is 0 Å². The van der Waals surface area contributed by atoms with Crippen LogP contribution in [0.4, 0.5) is 0 Å². The van der Waals surface area contributed by atoms with Crippen LogP contribution in [0.2, 0.25) is 0 Å². The van der Waals surface area contributed by atoms with E-state index in [4.69, 9.17) is 4.98 Å². The smallest absolute Gasteiger partial charge is 0.0900 e. The Hall–Kier alpha value is -7.43. The molecule has 4 aromatic heterocycles. The summed E-state index contributed by atoms with van der Waals surface area (Å²) in [5, 5.41) is 2.46. The summed E-state index contributed by atoms with van der Waals surface area (Å²) in [7, 11) is 0. The molecule has 0 amide bonds. The van der Waals surface area contributed by atoms with Crippen LogP contribution >= 0.6 is 0 Å². The van der Waals surface area contributed by atoms with Gasteiger partial charge in [0.1, 0.15) is 0 Å². The van der Waals surface area contributed by atoms with Gasteiger partial charge in [0.15, 0.2) is 0 Å². The summed E-state index contributed by atoms with van der Waals surface area (Å²) in [6.45, 7) is 4.70. The Morgan fingerprint density at radius 3 is 1.72 bits per heavy atom. The van der Waals surface area contributed by atoms with Crippen LogP contribution in [0.3, 0.4) is 0 Å².